The van der Waals surface area contributed by atoms with Crippen molar-refractivity contribution in [2.24, 2.45) is 0 Å². The van der Waals surface area contributed by atoms with Gasteiger partial charge in [-0.15, -0.1) is 0 Å². The molecule has 9 nitrogen and oxygen atoms in total. The minimum absolute atomic E-state index is 0.0824. The molecule has 31 heavy (non-hydrogen) atoms. The topological polar surface area (TPSA) is 86.7 Å². The maximum absolute atomic E-state index is 12.9. The molecule has 1 unspecified atom stereocenters. The Morgan fingerprint density at radius 2 is 1.90 bits per heavy atom. The molecule has 0 radical (unpaired) electrons. The highest BCUT2D eigenvalue weighted by atomic mass is 16.5. The quantitative estimate of drug-likeness (QED) is 0.754. The summed E-state index contributed by atoms with van der Waals surface area (Å²) in [6.07, 6.45) is 4.08. The molecule has 2 aliphatic heterocycles. The number of aromatic nitrogens is 3. The summed E-state index contributed by atoms with van der Waals surface area (Å²) in [6.45, 7) is 11.4. The number of hydrogen-bond acceptors (Lipinski definition) is 8. The minimum Gasteiger partial charge on any atom is -0.472 e. The fourth-order valence-corrected chi connectivity index (χ4v) is 3.84. The van der Waals surface area contributed by atoms with E-state index in [9.17, 15) is 4.79 Å². The Kier molecular flexibility index (Phi) is 6.06. The number of likely N-dealkylation sites (N-methyl/N-ethyl adjacent to an activating group) is 2. The van der Waals surface area contributed by atoms with Gasteiger partial charge in [0, 0.05) is 45.5 Å². The van der Waals surface area contributed by atoms with Crippen LogP contribution < -0.4 is 15.0 Å². The summed E-state index contributed by atoms with van der Waals surface area (Å²) in [4.78, 5) is 32.7. The molecular formula is C22H31N7O2. The van der Waals surface area contributed by atoms with E-state index in [1.807, 2.05) is 26.1 Å². The van der Waals surface area contributed by atoms with Crippen LogP contribution in [0.5, 0.6) is 5.75 Å². The molecule has 2 aliphatic rings. The van der Waals surface area contributed by atoms with Crippen molar-refractivity contribution in [2.45, 2.75) is 39.3 Å². The molecule has 0 spiro atoms. The van der Waals surface area contributed by atoms with E-state index in [4.69, 9.17) is 4.74 Å². The van der Waals surface area contributed by atoms with Crippen LogP contribution >= 0.6 is 0 Å². The molecule has 1 N–H and O–H groups in total. The van der Waals surface area contributed by atoms with Gasteiger partial charge in [-0.2, -0.15) is 4.98 Å². The molecule has 4 heterocycles. The average molecular weight is 426 g/mol. The van der Waals surface area contributed by atoms with Crippen molar-refractivity contribution in [1.29, 1.82) is 0 Å². The maximum atomic E-state index is 12.9. The normalized spacial score (nSPS) is 22.2. The number of nitrogens with zero attached hydrogens (tertiary/aromatic N) is 6. The summed E-state index contributed by atoms with van der Waals surface area (Å²) in [5, 5.41) is 3.14. The number of ether oxygens (including phenoxy) is 1. The molecule has 166 valence electrons. The van der Waals surface area contributed by atoms with Gasteiger partial charge in [0.2, 0.25) is 5.95 Å². The molecule has 2 aromatic rings. The third-order valence-corrected chi connectivity index (χ3v) is 6.08. The Hall–Kier alpha value is -2.78. The number of carbonyl (C=O) groups excluding carboxylic acids is 1. The van der Waals surface area contributed by atoms with Crippen LogP contribution in [0.2, 0.25) is 0 Å². The first-order valence-electron chi connectivity index (χ1n) is 10.9. The number of anilines is 3. The summed E-state index contributed by atoms with van der Waals surface area (Å²) >= 11 is 0. The highest BCUT2D eigenvalue weighted by Gasteiger charge is 2.43. The predicted octanol–water partition coefficient (Wildman–Crippen LogP) is 2.28. The zero-order valence-electron chi connectivity index (χ0n) is 18.8. The van der Waals surface area contributed by atoms with Crippen LogP contribution in [-0.2, 0) is 11.3 Å². The van der Waals surface area contributed by atoms with Crippen molar-refractivity contribution >= 4 is 23.5 Å². The number of hydrogen-bond donors (Lipinski definition) is 1. The van der Waals surface area contributed by atoms with Gasteiger partial charge >= 0.3 is 0 Å². The lowest BCUT2D eigenvalue weighted by molar-refractivity contribution is -0.134. The zero-order valence-corrected chi connectivity index (χ0v) is 18.8. The molecule has 1 saturated heterocycles. The van der Waals surface area contributed by atoms with Gasteiger partial charge in [-0.1, -0.05) is 13.0 Å². The van der Waals surface area contributed by atoms with Crippen molar-refractivity contribution in [3.05, 3.63) is 30.1 Å². The first-order valence-corrected chi connectivity index (χ1v) is 10.9. The number of nitrogens with one attached hydrogen (secondary N) is 1. The maximum Gasteiger partial charge on any atom is 0.272 e. The smallest absolute Gasteiger partial charge is 0.272 e. The van der Waals surface area contributed by atoms with E-state index >= 15 is 0 Å². The van der Waals surface area contributed by atoms with Crippen LogP contribution in [0.1, 0.15) is 32.8 Å². The number of piperazine rings is 1. The van der Waals surface area contributed by atoms with Gasteiger partial charge in [0.05, 0.1) is 6.20 Å². The second-order valence-corrected chi connectivity index (χ2v) is 8.37. The lowest BCUT2D eigenvalue weighted by atomic mass is 9.99. The standard InChI is InChI=1S/C22H31N7O2/c1-5-22(3)20(30)29(6-2)19-17(31-22)14-24-21(26-19)25-18-8-7-16(13-23-18)15-28-11-9-27(4)10-12-28/h7-8,13-14H,5-6,9-12,15H2,1-4H3,(H,23,24,25,26). The minimum atomic E-state index is -0.886. The molecule has 0 aromatic carbocycles. The molecule has 1 atom stereocenters. The average Bonchev–Trinajstić information content (AvgIpc) is 2.78. The van der Waals surface area contributed by atoms with E-state index in [-0.39, 0.29) is 5.91 Å². The first kappa shape index (κ1) is 21.5. The fourth-order valence-electron chi connectivity index (χ4n) is 3.84. The lowest BCUT2D eigenvalue weighted by Crippen LogP contribution is -2.54. The molecule has 1 fully saturated rings. The van der Waals surface area contributed by atoms with Crippen molar-refractivity contribution < 1.29 is 9.53 Å². The summed E-state index contributed by atoms with van der Waals surface area (Å²) < 4.78 is 5.95. The number of rotatable bonds is 6. The van der Waals surface area contributed by atoms with Crippen molar-refractivity contribution in [1.82, 2.24) is 24.8 Å². The molecule has 0 saturated carbocycles. The molecule has 9 heteroatoms. The van der Waals surface area contributed by atoms with Gasteiger partial charge < -0.3 is 15.0 Å². The molecular weight excluding hydrogens is 394 g/mol. The molecule has 4 rings (SSSR count). The van der Waals surface area contributed by atoms with Gasteiger partial charge in [0.25, 0.3) is 5.91 Å². The summed E-state index contributed by atoms with van der Waals surface area (Å²) in [5.41, 5.74) is 0.291. The number of fused-ring (bicyclic) bond motifs is 1. The Bertz CT molecular complexity index is 928. The Morgan fingerprint density at radius 1 is 1.13 bits per heavy atom. The van der Waals surface area contributed by atoms with Crippen LogP contribution in [0, 0.1) is 0 Å². The molecule has 0 bridgehead atoms. The molecule has 0 aliphatic carbocycles. The van der Waals surface area contributed by atoms with Crippen LogP contribution in [0.3, 0.4) is 0 Å². The van der Waals surface area contributed by atoms with Crippen LogP contribution in [-0.4, -0.2) is 76.0 Å². The van der Waals surface area contributed by atoms with E-state index < -0.39 is 5.60 Å². The van der Waals surface area contributed by atoms with E-state index in [0.29, 0.717) is 36.3 Å². The Labute approximate surface area is 183 Å². The molecule has 2 aromatic heterocycles. The van der Waals surface area contributed by atoms with E-state index in [2.05, 4.69) is 43.2 Å². The van der Waals surface area contributed by atoms with E-state index in [1.165, 1.54) is 5.56 Å². The fraction of sp³-hybridized carbons (Fsp3) is 0.545. The SMILES string of the molecule is CCN1C(=O)C(C)(CC)Oc2cnc(Nc3ccc(CN4CCN(C)CC4)cn3)nc21. The van der Waals surface area contributed by atoms with Gasteiger partial charge in [0.15, 0.2) is 17.2 Å². The monoisotopic (exact) mass is 425 g/mol. The van der Waals surface area contributed by atoms with Crippen LogP contribution in [0.4, 0.5) is 17.6 Å². The highest BCUT2D eigenvalue weighted by Crippen LogP contribution is 2.37. The van der Waals surface area contributed by atoms with Crippen molar-refractivity contribution in [3.8, 4) is 5.75 Å². The van der Waals surface area contributed by atoms with Gasteiger partial charge in [0.1, 0.15) is 5.82 Å². The van der Waals surface area contributed by atoms with E-state index in [0.717, 1.165) is 32.7 Å². The van der Waals surface area contributed by atoms with Crippen molar-refractivity contribution in [3.63, 3.8) is 0 Å². The van der Waals surface area contributed by atoms with Gasteiger partial charge in [-0.05, 0) is 38.9 Å². The second-order valence-electron chi connectivity index (χ2n) is 8.37. The predicted molar refractivity (Wildman–Crippen MR) is 120 cm³/mol. The highest BCUT2D eigenvalue weighted by molar-refractivity contribution is 6.01. The Balaban J connectivity index is 1.45. The third kappa shape index (κ3) is 4.47. The van der Waals surface area contributed by atoms with Crippen LogP contribution in [0.15, 0.2) is 24.5 Å². The second kappa shape index (κ2) is 8.76. The lowest BCUT2D eigenvalue weighted by Gasteiger charge is -2.38. The first-order chi connectivity index (χ1) is 14.9. The van der Waals surface area contributed by atoms with Gasteiger partial charge in [-0.25, -0.2) is 9.97 Å². The summed E-state index contributed by atoms with van der Waals surface area (Å²) in [5.74, 6) is 1.97. The number of pyridine rings is 1. The summed E-state index contributed by atoms with van der Waals surface area (Å²) in [7, 11) is 2.16. The number of amides is 1. The summed E-state index contributed by atoms with van der Waals surface area (Å²) in [6, 6.07) is 4.01. The van der Waals surface area contributed by atoms with E-state index in [1.54, 1.807) is 18.0 Å². The van der Waals surface area contributed by atoms with Crippen molar-refractivity contribution in [2.75, 3.05) is 50.0 Å². The largest absolute Gasteiger partial charge is 0.472 e. The van der Waals surface area contributed by atoms with Crippen LogP contribution in [0.25, 0.3) is 0 Å². The number of carbonyl (C=O) groups is 1. The zero-order chi connectivity index (χ0) is 22.0. The third-order valence-electron chi connectivity index (χ3n) is 6.08. The van der Waals surface area contributed by atoms with Gasteiger partial charge in [-0.3, -0.25) is 14.6 Å². The Morgan fingerprint density at radius 3 is 2.55 bits per heavy atom. The molecule has 1 amide bonds.